The van der Waals surface area contributed by atoms with Crippen LogP contribution in [-0.4, -0.2) is 12.4 Å². The van der Waals surface area contributed by atoms with Gasteiger partial charge in [-0.2, -0.15) is 26.3 Å². The molecule has 0 atom stereocenters. The molecule has 0 spiro atoms. The van der Waals surface area contributed by atoms with Crippen LogP contribution in [-0.2, 0) is 18.3 Å². The molecular formula is C31H28F6N2O2. The monoisotopic (exact) mass is 574 g/mol. The highest BCUT2D eigenvalue weighted by Crippen LogP contribution is 2.56. The molecule has 10 heteroatoms. The van der Waals surface area contributed by atoms with Gasteiger partial charge in [-0.1, -0.05) is 38.1 Å². The van der Waals surface area contributed by atoms with Crippen molar-refractivity contribution >= 4 is 11.4 Å². The maximum absolute atomic E-state index is 14.6. The first-order valence-corrected chi connectivity index (χ1v) is 12.8. The van der Waals surface area contributed by atoms with E-state index in [-0.39, 0.29) is 11.5 Å². The molecule has 216 valence electrons. The summed E-state index contributed by atoms with van der Waals surface area (Å²) < 4.78 is 98.8. The Labute approximate surface area is 233 Å². The van der Waals surface area contributed by atoms with E-state index in [0.717, 1.165) is 59.7 Å². The fraction of sp³-hybridized carbons (Fsp3) is 0.226. The summed E-state index contributed by atoms with van der Waals surface area (Å²) in [6.45, 7) is 3.77. The Morgan fingerprint density at radius 3 is 1.12 bits per heavy atom. The third kappa shape index (κ3) is 5.77. The number of hydrogen-bond donors (Lipinski definition) is 2. The number of ether oxygens (including phenoxy) is 2. The molecule has 4 aromatic rings. The molecular weight excluding hydrogens is 546 g/mol. The highest BCUT2D eigenvalue weighted by Gasteiger charge is 2.72. The summed E-state index contributed by atoms with van der Waals surface area (Å²) in [6.07, 6.45) is -10.2. The second-order valence-electron chi connectivity index (χ2n) is 9.43. The van der Waals surface area contributed by atoms with E-state index in [1.165, 1.54) is 0 Å². The smallest absolute Gasteiger partial charge is 0.411 e. The van der Waals surface area contributed by atoms with Crippen LogP contribution in [0.2, 0.25) is 0 Å². The van der Waals surface area contributed by atoms with E-state index in [4.69, 9.17) is 20.9 Å². The number of nitrogens with two attached hydrogens (primary N) is 2. The molecule has 0 fully saturated rings. The molecule has 0 aromatic heterocycles. The molecule has 0 aliphatic heterocycles. The van der Waals surface area contributed by atoms with Gasteiger partial charge in [-0.15, -0.1) is 0 Å². The Kier molecular flexibility index (Phi) is 8.15. The van der Waals surface area contributed by atoms with Crippen molar-refractivity contribution in [1.82, 2.24) is 0 Å². The highest BCUT2D eigenvalue weighted by atomic mass is 19.4. The van der Waals surface area contributed by atoms with Crippen LogP contribution in [0.25, 0.3) is 0 Å². The molecule has 4 nitrogen and oxygen atoms in total. The average Bonchev–Trinajstić information content (AvgIpc) is 2.91. The van der Waals surface area contributed by atoms with E-state index in [2.05, 4.69) is 0 Å². The van der Waals surface area contributed by atoms with Gasteiger partial charge in [-0.05, 0) is 95.8 Å². The van der Waals surface area contributed by atoms with Gasteiger partial charge in [-0.3, -0.25) is 0 Å². The minimum atomic E-state index is -5.73. The lowest BCUT2D eigenvalue weighted by Crippen LogP contribution is -2.54. The lowest BCUT2D eigenvalue weighted by Gasteiger charge is -2.38. The first kappa shape index (κ1) is 29.6. The number of aryl methyl sites for hydroxylation is 2. The Balaban J connectivity index is 1.70. The van der Waals surface area contributed by atoms with Gasteiger partial charge in [0.15, 0.2) is 0 Å². The largest absolute Gasteiger partial charge is 0.457 e. The molecule has 41 heavy (non-hydrogen) atoms. The van der Waals surface area contributed by atoms with E-state index in [1.54, 1.807) is 36.4 Å². The third-order valence-electron chi connectivity index (χ3n) is 6.89. The van der Waals surface area contributed by atoms with Gasteiger partial charge >= 0.3 is 12.4 Å². The van der Waals surface area contributed by atoms with Crippen molar-refractivity contribution in [3.8, 4) is 23.0 Å². The van der Waals surface area contributed by atoms with Crippen molar-refractivity contribution in [3.05, 3.63) is 107 Å². The Bertz CT molecular complexity index is 1380. The van der Waals surface area contributed by atoms with Gasteiger partial charge in [-0.25, -0.2) is 0 Å². The maximum atomic E-state index is 14.6. The van der Waals surface area contributed by atoms with Crippen LogP contribution in [0.1, 0.15) is 36.1 Å². The van der Waals surface area contributed by atoms with Crippen molar-refractivity contribution in [2.75, 3.05) is 11.5 Å². The Hall–Kier alpha value is -4.34. The van der Waals surface area contributed by atoms with Crippen LogP contribution in [0, 0.1) is 0 Å². The highest BCUT2D eigenvalue weighted by molar-refractivity contribution is 5.53. The quantitative estimate of drug-likeness (QED) is 0.163. The zero-order chi connectivity index (χ0) is 30.0. The number of halogens is 6. The molecule has 0 unspecified atom stereocenters. The second kappa shape index (κ2) is 11.3. The number of hydrogen-bond acceptors (Lipinski definition) is 4. The first-order chi connectivity index (χ1) is 19.3. The summed E-state index contributed by atoms with van der Waals surface area (Å²) in [5.41, 5.74) is 8.14. The number of anilines is 2. The summed E-state index contributed by atoms with van der Waals surface area (Å²) in [6, 6.07) is 17.1. The predicted molar refractivity (Wildman–Crippen MR) is 146 cm³/mol. The van der Waals surface area contributed by atoms with Gasteiger partial charge in [0.2, 0.25) is 5.41 Å². The minimum Gasteiger partial charge on any atom is -0.457 e. The summed E-state index contributed by atoms with van der Waals surface area (Å²) in [5.74, 6) is 0.837. The van der Waals surface area contributed by atoms with Crippen LogP contribution >= 0.6 is 0 Å². The fourth-order valence-electron chi connectivity index (χ4n) is 4.70. The summed E-state index contributed by atoms with van der Waals surface area (Å²) in [5, 5.41) is 0. The van der Waals surface area contributed by atoms with Gasteiger partial charge in [0.1, 0.15) is 23.0 Å². The lowest BCUT2D eigenvalue weighted by atomic mass is 9.73. The van der Waals surface area contributed by atoms with Gasteiger partial charge in [0.05, 0.1) is 0 Å². The molecule has 0 aliphatic rings. The topological polar surface area (TPSA) is 70.5 Å². The van der Waals surface area contributed by atoms with Crippen molar-refractivity contribution in [3.63, 3.8) is 0 Å². The van der Waals surface area contributed by atoms with E-state index >= 15 is 0 Å². The lowest BCUT2D eigenvalue weighted by molar-refractivity contribution is -0.288. The van der Waals surface area contributed by atoms with Crippen LogP contribution in [0.5, 0.6) is 23.0 Å². The minimum absolute atomic E-state index is 0.0671. The van der Waals surface area contributed by atoms with Crippen LogP contribution in [0.4, 0.5) is 37.7 Å². The third-order valence-corrected chi connectivity index (χ3v) is 6.89. The maximum Gasteiger partial charge on any atom is 0.411 e. The van der Waals surface area contributed by atoms with E-state index < -0.39 is 28.9 Å². The SMILES string of the molecule is CCc1cc(Oc2ccc(C(c3ccc(Oc4ccc(N)c(CC)c4)cc3)(C(F)(F)F)C(F)(F)F)cc2)ccc1N. The van der Waals surface area contributed by atoms with E-state index in [1.807, 2.05) is 13.8 Å². The fourth-order valence-corrected chi connectivity index (χ4v) is 4.70. The van der Waals surface area contributed by atoms with Crippen LogP contribution < -0.4 is 20.9 Å². The molecule has 4 aromatic carbocycles. The standard InChI is InChI=1S/C31H28F6N2O2/c1-3-19-17-25(13-15-27(19)38)40-23-9-5-21(6-10-23)29(30(32,33)34,31(35,36)37)22-7-11-24(12-8-22)41-26-14-16-28(39)20(4-2)18-26/h5-18H,3-4,38-39H2,1-2H3. The molecule has 4 N–H and O–H groups in total. The molecule has 0 radical (unpaired) electrons. The van der Waals surface area contributed by atoms with E-state index in [9.17, 15) is 26.3 Å². The van der Waals surface area contributed by atoms with Crippen molar-refractivity contribution in [2.24, 2.45) is 0 Å². The zero-order valence-corrected chi connectivity index (χ0v) is 22.2. The number of benzene rings is 4. The van der Waals surface area contributed by atoms with Crippen molar-refractivity contribution in [1.29, 1.82) is 0 Å². The number of nitrogen functional groups attached to an aromatic ring is 2. The average molecular weight is 575 g/mol. The Morgan fingerprint density at radius 1 is 0.512 bits per heavy atom. The van der Waals surface area contributed by atoms with E-state index in [0.29, 0.717) is 35.7 Å². The first-order valence-electron chi connectivity index (χ1n) is 12.8. The summed E-state index contributed by atoms with van der Waals surface area (Å²) in [7, 11) is 0. The molecule has 0 heterocycles. The number of alkyl halides is 6. The van der Waals surface area contributed by atoms with Gasteiger partial charge in [0, 0.05) is 11.4 Å². The van der Waals surface area contributed by atoms with Gasteiger partial charge in [0.25, 0.3) is 0 Å². The van der Waals surface area contributed by atoms with Crippen molar-refractivity contribution in [2.45, 2.75) is 44.5 Å². The second-order valence-corrected chi connectivity index (χ2v) is 9.43. The molecule has 4 rings (SSSR count). The molecule has 0 aliphatic carbocycles. The predicted octanol–water partition coefficient (Wildman–Crippen LogP) is 8.97. The molecule has 0 saturated heterocycles. The van der Waals surface area contributed by atoms with Crippen LogP contribution in [0.15, 0.2) is 84.9 Å². The summed E-state index contributed by atoms with van der Waals surface area (Å²) in [4.78, 5) is 0. The summed E-state index contributed by atoms with van der Waals surface area (Å²) >= 11 is 0. The Morgan fingerprint density at radius 2 is 0.829 bits per heavy atom. The molecule has 0 saturated carbocycles. The van der Waals surface area contributed by atoms with Crippen LogP contribution in [0.3, 0.4) is 0 Å². The molecule has 0 bridgehead atoms. The zero-order valence-electron chi connectivity index (χ0n) is 22.2. The molecule has 0 amide bonds. The normalized spacial score (nSPS) is 12.3. The number of rotatable bonds is 8. The van der Waals surface area contributed by atoms with Gasteiger partial charge < -0.3 is 20.9 Å². The van der Waals surface area contributed by atoms with Crippen molar-refractivity contribution < 1.29 is 35.8 Å².